The highest BCUT2D eigenvalue weighted by atomic mass is 32.1. The summed E-state index contributed by atoms with van der Waals surface area (Å²) in [5.41, 5.74) is 1.58. The van der Waals surface area contributed by atoms with E-state index in [9.17, 15) is 9.90 Å². The molecular formula is C15H13N3O2S. The van der Waals surface area contributed by atoms with Gasteiger partial charge in [0.15, 0.2) is 0 Å². The molecule has 3 rings (SSSR count). The molecule has 0 unspecified atom stereocenters. The second-order valence-electron chi connectivity index (χ2n) is 4.69. The Morgan fingerprint density at radius 2 is 2.00 bits per heavy atom. The van der Waals surface area contributed by atoms with Crippen LogP contribution in [0.3, 0.4) is 0 Å². The Bertz CT molecular complexity index is 892. The van der Waals surface area contributed by atoms with Gasteiger partial charge in [0.1, 0.15) is 16.9 Å². The van der Waals surface area contributed by atoms with E-state index in [1.165, 1.54) is 22.3 Å². The summed E-state index contributed by atoms with van der Waals surface area (Å²) in [5, 5.41) is 14.0. The lowest BCUT2D eigenvalue weighted by molar-refractivity contribution is 0.475. The first-order valence-electron chi connectivity index (χ1n) is 6.37. The quantitative estimate of drug-likeness (QED) is 0.740. The molecule has 6 heteroatoms. The second-order valence-corrected chi connectivity index (χ2v) is 5.90. The number of fused-ring (bicyclic) bond motifs is 1. The number of hydrogen-bond acceptors (Lipinski definition) is 5. The molecule has 1 aromatic carbocycles. The smallest absolute Gasteiger partial charge is 0.282 e. The maximum atomic E-state index is 12.4. The average molecular weight is 299 g/mol. The van der Waals surface area contributed by atoms with Crippen LogP contribution in [0.25, 0.3) is 10.2 Å². The van der Waals surface area contributed by atoms with Crippen molar-refractivity contribution in [3.63, 3.8) is 0 Å². The highest BCUT2D eigenvalue weighted by molar-refractivity contribution is 7.18. The molecule has 0 aliphatic rings. The molecule has 0 saturated carbocycles. The van der Waals surface area contributed by atoms with Gasteiger partial charge in [0.25, 0.3) is 5.56 Å². The van der Waals surface area contributed by atoms with Gasteiger partial charge in [0.2, 0.25) is 0 Å². The van der Waals surface area contributed by atoms with Crippen molar-refractivity contribution in [1.29, 1.82) is 0 Å². The molecule has 0 fully saturated rings. The standard InChI is InChI=1S/C15H13N3O2S/c1-9-10(2)21-14-13(9)15(20)18(8-16-14)17-7-11-3-5-12(19)6-4-11/h3-8,19H,1-2H3/b17-7+. The molecule has 21 heavy (non-hydrogen) atoms. The van der Waals surface area contributed by atoms with E-state index in [0.717, 1.165) is 20.8 Å². The normalized spacial score (nSPS) is 11.5. The Morgan fingerprint density at radius 1 is 1.29 bits per heavy atom. The Labute approximate surface area is 124 Å². The van der Waals surface area contributed by atoms with Gasteiger partial charge in [-0.2, -0.15) is 9.78 Å². The molecule has 106 valence electrons. The van der Waals surface area contributed by atoms with Gasteiger partial charge in [0.05, 0.1) is 11.6 Å². The average Bonchev–Trinajstić information content (AvgIpc) is 2.76. The SMILES string of the molecule is Cc1sc2ncn(/N=C/c3ccc(O)cc3)c(=O)c2c1C. The lowest BCUT2D eigenvalue weighted by atomic mass is 10.2. The first-order chi connectivity index (χ1) is 10.1. The lowest BCUT2D eigenvalue weighted by Crippen LogP contribution is -2.16. The molecule has 0 saturated heterocycles. The molecule has 0 amide bonds. The fraction of sp³-hybridized carbons (Fsp3) is 0.133. The largest absolute Gasteiger partial charge is 0.508 e. The molecule has 0 atom stereocenters. The maximum absolute atomic E-state index is 12.4. The Kier molecular flexibility index (Phi) is 3.31. The van der Waals surface area contributed by atoms with Gasteiger partial charge < -0.3 is 5.11 Å². The summed E-state index contributed by atoms with van der Waals surface area (Å²) in [6.07, 6.45) is 2.99. The highest BCUT2D eigenvalue weighted by Gasteiger charge is 2.11. The van der Waals surface area contributed by atoms with Crippen molar-refractivity contribution in [2.24, 2.45) is 5.10 Å². The zero-order valence-electron chi connectivity index (χ0n) is 11.6. The zero-order valence-corrected chi connectivity index (χ0v) is 12.4. The molecule has 0 aliphatic carbocycles. The molecule has 5 nitrogen and oxygen atoms in total. The molecule has 0 bridgehead atoms. The molecular weight excluding hydrogens is 286 g/mol. The van der Waals surface area contributed by atoms with E-state index in [0.29, 0.717) is 5.39 Å². The van der Waals surface area contributed by atoms with Crippen molar-refractivity contribution in [1.82, 2.24) is 9.66 Å². The third kappa shape index (κ3) is 2.45. The van der Waals surface area contributed by atoms with Gasteiger partial charge in [-0.15, -0.1) is 11.3 Å². The number of phenols is 1. The van der Waals surface area contributed by atoms with E-state index < -0.39 is 0 Å². The van der Waals surface area contributed by atoms with Crippen LogP contribution in [-0.4, -0.2) is 21.0 Å². The van der Waals surface area contributed by atoms with Crippen LogP contribution >= 0.6 is 11.3 Å². The minimum Gasteiger partial charge on any atom is -0.508 e. The number of aromatic hydroxyl groups is 1. The molecule has 2 heterocycles. The van der Waals surface area contributed by atoms with Crippen LogP contribution in [0.2, 0.25) is 0 Å². The van der Waals surface area contributed by atoms with E-state index >= 15 is 0 Å². The van der Waals surface area contributed by atoms with E-state index in [2.05, 4.69) is 10.1 Å². The first-order valence-corrected chi connectivity index (χ1v) is 7.18. The summed E-state index contributed by atoms with van der Waals surface area (Å²) < 4.78 is 1.23. The van der Waals surface area contributed by atoms with Crippen LogP contribution in [-0.2, 0) is 0 Å². The van der Waals surface area contributed by atoms with Crippen molar-refractivity contribution in [3.8, 4) is 5.75 Å². The van der Waals surface area contributed by atoms with Crippen molar-refractivity contribution in [2.45, 2.75) is 13.8 Å². The summed E-state index contributed by atoms with van der Waals surface area (Å²) in [7, 11) is 0. The predicted octanol–water partition coefficient (Wildman–Crippen LogP) is 2.66. The number of phenolic OH excluding ortho intramolecular Hbond substituents is 1. The first kappa shape index (κ1) is 13.5. The number of rotatable bonds is 2. The topological polar surface area (TPSA) is 67.5 Å². The minimum absolute atomic E-state index is 0.170. The van der Waals surface area contributed by atoms with E-state index in [4.69, 9.17) is 0 Å². The fourth-order valence-corrected chi connectivity index (χ4v) is 2.98. The number of aryl methyl sites for hydroxylation is 2. The van der Waals surface area contributed by atoms with Gasteiger partial charge in [-0.25, -0.2) is 4.98 Å². The van der Waals surface area contributed by atoms with Crippen LogP contribution in [0.5, 0.6) is 5.75 Å². The van der Waals surface area contributed by atoms with Crippen LogP contribution < -0.4 is 5.56 Å². The number of thiophene rings is 1. The number of aromatic nitrogens is 2. The third-order valence-corrected chi connectivity index (χ3v) is 4.41. The van der Waals surface area contributed by atoms with Crippen LogP contribution in [0.1, 0.15) is 16.0 Å². The van der Waals surface area contributed by atoms with E-state index in [1.807, 2.05) is 13.8 Å². The lowest BCUT2D eigenvalue weighted by Gasteiger charge is -1.98. The van der Waals surface area contributed by atoms with Crippen LogP contribution in [0.15, 0.2) is 40.5 Å². The maximum Gasteiger partial charge on any atom is 0.282 e. The third-order valence-electron chi connectivity index (χ3n) is 3.30. The van der Waals surface area contributed by atoms with Crippen LogP contribution in [0, 0.1) is 13.8 Å². The Balaban J connectivity index is 2.05. The molecule has 0 aliphatic heterocycles. The van der Waals surface area contributed by atoms with Crippen molar-refractivity contribution in [2.75, 3.05) is 0 Å². The van der Waals surface area contributed by atoms with Gasteiger partial charge in [-0.05, 0) is 49.2 Å². The summed E-state index contributed by atoms with van der Waals surface area (Å²) >= 11 is 1.51. The summed E-state index contributed by atoms with van der Waals surface area (Å²) in [4.78, 5) is 18.5. The van der Waals surface area contributed by atoms with Crippen LogP contribution in [0.4, 0.5) is 0 Å². The zero-order chi connectivity index (χ0) is 15.0. The number of nitrogens with zero attached hydrogens (tertiary/aromatic N) is 3. The highest BCUT2D eigenvalue weighted by Crippen LogP contribution is 2.25. The Hall–Kier alpha value is -2.47. The van der Waals surface area contributed by atoms with Crippen molar-refractivity contribution < 1.29 is 5.11 Å². The number of benzene rings is 1. The fourth-order valence-electron chi connectivity index (χ4n) is 2.00. The minimum atomic E-state index is -0.170. The van der Waals surface area contributed by atoms with Crippen molar-refractivity contribution in [3.05, 3.63) is 57.0 Å². The van der Waals surface area contributed by atoms with Crippen molar-refractivity contribution >= 4 is 27.8 Å². The summed E-state index contributed by atoms with van der Waals surface area (Å²) in [6, 6.07) is 6.57. The monoisotopic (exact) mass is 299 g/mol. The molecule has 2 aromatic heterocycles. The Morgan fingerprint density at radius 3 is 2.71 bits per heavy atom. The molecule has 1 N–H and O–H groups in total. The van der Waals surface area contributed by atoms with E-state index in [-0.39, 0.29) is 11.3 Å². The van der Waals surface area contributed by atoms with Gasteiger partial charge >= 0.3 is 0 Å². The predicted molar refractivity (Wildman–Crippen MR) is 84.5 cm³/mol. The summed E-state index contributed by atoms with van der Waals surface area (Å²) in [6.45, 7) is 3.90. The molecule has 0 spiro atoms. The summed E-state index contributed by atoms with van der Waals surface area (Å²) in [5.74, 6) is 0.191. The number of hydrogen-bond donors (Lipinski definition) is 1. The van der Waals surface area contributed by atoms with E-state index in [1.54, 1.807) is 30.5 Å². The molecule has 3 aromatic rings. The second kappa shape index (κ2) is 5.14. The molecule has 0 radical (unpaired) electrons. The van der Waals surface area contributed by atoms with Gasteiger partial charge in [-0.3, -0.25) is 4.79 Å². The van der Waals surface area contributed by atoms with Gasteiger partial charge in [0, 0.05) is 4.88 Å². The van der Waals surface area contributed by atoms with Gasteiger partial charge in [-0.1, -0.05) is 0 Å².